The topological polar surface area (TPSA) is 143 Å². The van der Waals surface area contributed by atoms with Gasteiger partial charge in [-0.1, -0.05) is 13.8 Å². The number of urea groups is 2. The molecule has 0 spiro atoms. The molecule has 6 amide bonds. The van der Waals surface area contributed by atoms with Crippen molar-refractivity contribution in [2.45, 2.75) is 44.7 Å². The van der Waals surface area contributed by atoms with Gasteiger partial charge in [-0.15, -0.1) is 0 Å². The maximum absolute atomic E-state index is 13.2. The molecule has 0 aromatic rings. The van der Waals surface area contributed by atoms with Gasteiger partial charge in [0.1, 0.15) is 0 Å². The minimum Gasteiger partial charge on any atom is -0.340 e. The normalized spacial score (nSPS) is 30.4. The molecule has 6 aliphatic rings. The van der Waals surface area contributed by atoms with E-state index >= 15 is 0 Å². The average Bonchev–Trinajstić information content (AvgIpc) is 3.59. The Morgan fingerprint density at radius 2 is 1.00 bits per heavy atom. The van der Waals surface area contributed by atoms with Crippen molar-refractivity contribution in [1.82, 2.24) is 49.8 Å². The summed E-state index contributed by atoms with van der Waals surface area (Å²) >= 11 is 0. The number of rotatable bonds is 6. The number of carbonyl (C=O) groups is 4. The third kappa shape index (κ3) is 5.24. The molecular weight excluding hydrogens is 556 g/mol. The van der Waals surface area contributed by atoms with Crippen LogP contribution in [0.4, 0.5) is 9.59 Å². The molecule has 4 unspecified atom stereocenters. The SMILES string of the molecule is CCN1CCN(C2=NC3C(C(=O)NC(=O)N3C)N2CCCN2C(N3CCN(CC)CC3)=NC3C2C(=O)NC(=O)N3C)CC1. The molecule has 43 heavy (non-hydrogen) atoms. The molecule has 6 aliphatic heterocycles. The van der Waals surface area contributed by atoms with Crippen LogP contribution in [0.3, 0.4) is 0 Å². The van der Waals surface area contributed by atoms with Crippen molar-refractivity contribution in [3.05, 3.63) is 0 Å². The summed E-state index contributed by atoms with van der Waals surface area (Å²) in [6, 6.07) is -2.13. The Kier molecular flexibility index (Phi) is 8.06. The largest absolute Gasteiger partial charge is 0.340 e. The fourth-order valence-electron chi connectivity index (χ4n) is 6.97. The van der Waals surface area contributed by atoms with Crippen LogP contribution in [-0.2, 0) is 9.59 Å². The van der Waals surface area contributed by atoms with E-state index in [1.807, 2.05) is 9.80 Å². The number of nitrogens with one attached hydrogen (secondary N) is 2. The zero-order valence-corrected chi connectivity index (χ0v) is 25.6. The monoisotopic (exact) mass is 600 g/mol. The highest BCUT2D eigenvalue weighted by Crippen LogP contribution is 2.29. The number of amides is 6. The lowest BCUT2D eigenvalue weighted by Crippen LogP contribution is -2.65. The lowest BCUT2D eigenvalue weighted by Gasteiger charge is -2.41. The quantitative estimate of drug-likeness (QED) is 0.343. The first-order valence-electron chi connectivity index (χ1n) is 15.5. The lowest BCUT2D eigenvalue weighted by molar-refractivity contribution is -0.127. The fourth-order valence-corrected chi connectivity index (χ4v) is 6.97. The molecule has 6 heterocycles. The fraction of sp³-hybridized carbons (Fsp3) is 0.778. The first-order chi connectivity index (χ1) is 20.7. The van der Waals surface area contributed by atoms with E-state index in [2.05, 4.69) is 44.1 Å². The van der Waals surface area contributed by atoms with Crippen molar-refractivity contribution < 1.29 is 19.2 Å². The van der Waals surface area contributed by atoms with Crippen molar-refractivity contribution >= 4 is 35.8 Å². The second kappa shape index (κ2) is 11.8. The minimum absolute atomic E-state index is 0.344. The van der Waals surface area contributed by atoms with Crippen LogP contribution in [0.15, 0.2) is 9.98 Å². The van der Waals surface area contributed by atoms with Crippen molar-refractivity contribution in [1.29, 1.82) is 0 Å². The van der Waals surface area contributed by atoms with Gasteiger partial charge in [0.15, 0.2) is 36.3 Å². The smallest absolute Gasteiger partial charge is 0.325 e. The zero-order chi connectivity index (χ0) is 30.4. The van der Waals surface area contributed by atoms with Gasteiger partial charge in [-0.05, 0) is 19.5 Å². The Morgan fingerprint density at radius 3 is 1.35 bits per heavy atom. The number of aliphatic imine (C=N–C) groups is 2. The van der Waals surface area contributed by atoms with E-state index in [1.54, 1.807) is 14.1 Å². The molecule has 16 nitrogen and oxygen atoms in total. The van der Waals surface area contributed by atoms with Crippen molar-refractivity contribution in [2.24, 2.45) is 9.98 Å². The van der Waals surface area contributed by atoms with Crippen LogP contribution in [-0.4, -0.2) is 192 Å². The van der Waals surface area contributed by atoms with Crippen molar-refractivity contribution in [3.8, 4) is 0 Å². The maximum atomic E-state index is 13.2. The van der Waals surface area contributed by atoms with Gasteiger partial charge in [0, 0.05) is 79.5 Å². The molecule has 0 aromatic carbocycles. The molecule has 4 fully saturated rings. The van der Waals surface area contributed by atoms with Gasteiger partial charge in [0.05, 0.1) is 0 Å². The Morgan fingerprint density at radius 1 is 0.628 bits per heavy atom. The number of imide groups is 2. The number of piperazine rings is 2. The van der Waals surface area contributed by atoms with Crippen LogP contribution in [0.1, 0.15) is 20.3 Å². The molecular formula is C27H44N12O4. The summed E-state index contributed by atoms with van der Waals surface area (Å²) in [6.07, 6.45) is -0.565. The molecule has 4 atom stereocenters. The van der Waals surface area contributed by atoms with E-state index in [0.717, 1.165) is 77.4 Å². The van der Waals surface area contributed by atoms with Crippen molar-refractivity contribution in [3.63, 3.8) is 0 Å². The van der Waals surface area contributed by atoms with Crippen LogP contribution >= 0.6 is 0 Å². The summed E-state index contributed by atoms with van der Waals surface area (Å²) < 4.78 is 0. The second-order valence-corrected chi connectivity index (χ2v) is 12.0. The molecule has 236 valence electrons. The number of hydrogen-bond acceptors (Lipinski definition) is 12. The van der Waals surface area contributed by atoms with Gasteiger partial charge in [0.25, 0.3) is 11.8 Å². The lowest BCUT2D eigenvalue weighted by atomic mass is 10.1. The van der Waals surface area contributed by atoms with Gasteiger partial charge in [0.2, 0.25) is 0 Å². The van der Waals surface area contributed by atoms with E-state index in [4.69, 9.17) is 9.98 Å². The maximum Gasteiger partial charge on any atom is 0.325 e. The molecule has 16 heteroatoms. The van der Waals surface area contributed by atoms with E-state index in [1.165, 1.54) is 9.80 Å². The van der Waals surface area contributed by atoms with Crippen LogP contribution in [0.2, 0.25) is 0 Å². The molecule has 0 aliphatic carbocycles. The Bertz CT molecular complexity index is 1100. The summed E-state index contributed by atoms with van der Waals surface area (Å²) in [6.45, 7) is 14.1. The highest BCUT2D eigenvalue weighted by atomic mass is 16.2. The van der Waals surface area contributed by atoms with Gasteiger partial charge in [-0.3, -0.25) is 20.2 Å². The molecule has 2 N–H and O–H groups in total. The van der Waals surface area contributed by atoms with Crippen LogP contribution in [0, 0.1) is 0 Å². The summed E-state index contributed by atoms with van der Waals surface area (Å²) in [5.41, 5.74) is 0. The summed E-state index contributed by atoms with van der Waals surface area (Å²) in [7, 11) is 3.34. The van der Waals surface area contributed by atoms with Gasteiger partial charge >= 0.3 is 12.1 Å². The Labute approximate surface area is 252 Å². The van der Waals surface area contributed by atoms with Gasteiger partial charge in [-0.2, -0.15) is 0 Å². The van der Waals surface area contributed by atoms with E-state index in [9.17, 15) is 19.2 Å². The zero-order valence-electron chi connectivity index (χ0n) is 25.6. The van der Waals surface area contributed by atoms with E-state index < -0.39 is 36.5 Å². The first kappa shape index (κ1) is 29.4. The molecule has 0 radical (unpaired) electrons. The summed E-state index contributed by atoms with van der Waals surface area (Å²) in [5, 5.41) is 4.98. The van der Waals surface area contributed by atoms with E-state index in [-0.39, 0.29) is 11.8 Å². The van der Waals surface area contributed by atoms with Crippen LogP contribution in [0.5, 0.6) is 0 Å². The number of nitrogens with zero attached hydrogens (tertiary/aromatic N) is 10. The standard InChI is InChI=1S/C27H44N12O4/c1-5-34-10-14-36(15-11-34)24-28-20-18(22(40)30-26(42)32(20)3)38(24)8-7-9-39-19-21(33(4)27(43)31-23(19)41)29-25(39)37-16-12-35(6-2)13-17-37/h18-21H,5-17H2,1-4H3,(H,30,40,42)(H,31,41,43). The van der Waals surface area contributed by atoms with Crippen LogP contribution in [0.25, 0.3) is 0 Å². The molecule has 4 saturated heterocycles. The number of hydrogen-bond donors (Lipinski definition) is 2. The number of likely N-dealkylation sites (N-methyl/N-ethyl adjacent to an activating group) is 4. The highest BCUT2D eigenvalue weighted by molar-refractivity contribution is 6.04. The molecule has 0 saturated carbocycles. The minimum atomic E-state index is -0.620. The summed E-state index contributed by atoms with van der Waals surface area (Å²) in [4.78, 5) is 77.3. The number of guanidine groups is 2. The predicted octanol–water partition coefficient (Wildman–Crippen LogP) is -2.25. The van der Waals surface area contributed by atoms with Gasteiger partial charge in [-0.25, -0.2) is 19.6 Å². The number of fused-ring (bicyclic) bond motifs is 2. The Hall–Kier alpha value is -3.66. The van der Waals surface area contributed by atoms with Gasteiger partial charge < -0.3 is 39.2 Å². The predicted molar refractivity (Wildman–Crippen MR) is 158 cm³/mol. The number of carbonyl (C=O) groups excluding carboxylic acids is 4. The highest BCUT2D eigenvalue weighted by Gasteiger charge is 2.51. The van der Waals surface area contributed by atoms with Crippen molar-refractivity contribution in [2.75, 3.05) is 92.6 Å². The summed E-state index contributed by atoms with van der Waals surface area (Å²) in [5.74, 6) is 0.797. The third-order valence-corrected chi connectivity index (χ3v) is 9.68. The second-order valence-electron chi connectivity index (χ2n) is 12.0. The molecule has 0 bridgehead atoms. The molecule has 0 aromatic heterocycles. The third-order valence-electron chi connectivity index (χ3n) is 9.68. The average molecular weight is 601 g/mol. The Balaban J connectivity index is 1.21. The first-order valence-corrected chi connectivity index (χ1v) is 15.5. The van der Waals surface area contributed by atoms with E-state index in [0.29, 0.717) is 19.5 Å². The van der Waals surface area contributed by atoms with Crippen LogP contribution < -0.4 is 10.6 Å². The molecule has 6 rings (SSSR count).